The number of aromatic hydroxyl groups is 4. The molecule has 4 aromatic rings. The fraction of sp³-hybridized carbons (Fsp3) is 0.431. The number of nitrogens with one attached hydrogen (secondary N) is 1. The number of hydrogen-bond donors (Lipinski definition) is 9. The second kappa shape index (κ2) is 27.9. The molecule has 8 rings (SSSR count). The lowest BCUT2D eigenvalue weighted by Crippen LogP contribution is -2.46. The maximum atomic E-state index is 14.4. The number of carboxylic acids is 1. The summed E-state index contributed by atoms with van der Waals surface area (Å²) >= 11 is 6.33. The minimum atomic E-state index is -2.04. The molecule has 10 N–H and O–H groups in total. The zero-order valence-corrected chi connectivity index (χ0v) is 53.4. The highest BCUT2D eigenvalue weighted by Gasteiger charge is 2.50. The Kier molecular flexibility index (Phi) is 22.4. The lowest BCUT2D eigenvalue weighted by atomic mass is 9.78. The number of hydrogen-bond acceptors (Lipinski definition) is 19. The largest absolute Gasteiger partial charge is 0.507 e. The van der Waals surface area contributed by atoms with Crippen LogP contribution in [0.5, 0.6) is 40.2 Å². The SMILES string of the molecule is CO[C@H]1/C=C/O[C@@]2(C)Oc3c(C)c(O)c4c(O)c(c(/C=N/N5CCN(C)CC5)c(O)c4c3C2=O)NC(=O)/C(C)=C\C=C\[C@H](C)[C@H](O)[C@@H](C)[C@@H](O)[C@@H](C)[C@H](OC(C)=O)[C@@H]1C.N[C@@H](Cc1cc(I)c(Oc2ccc(O)c(I)c2)c(I)c1)C(=O)O. The first-order chi connectivity index (χ1) is 38.5. The number of rotatable bonds is 9. The van der Waals surface area contributed by atoms with Crippen LogP contribution in [0.3, 0.4) is 0 Å². The molecule has 0 unspecified atom stereocenters. The monoisotopic (exact) mass is 1470 g/mol. The van der Waals surface area contributed by atoms with Crippen LogP contribution in [-0.2, 0) is 35.0 Å². The van der Waals surface area contributed by atoms with Crippen molar-refractivity contribution in [2.45, 2.75) is 98.1 Å². The van der Waals surface area contributed by atoms with Gasteiger partial charge in [-0.05, 0) is 137 Å². The number of hydrazone groups is 1. The molecule has 82 heavy (non-hydrogen) atoms. The number of phenols is 4. The number of aliphatic hydroxyl groups is 2. The summed E-state index contributed by atoms with van der Waals surface area (Å²) in [5.74, 6) is -7.84. The van der Waals surface area contributed by atoms with E-state index in [4.69, 9.17) is 34.5 Å². The molecule has 0 spiro atoms. The molecule has 5 bridgehead atoms. The number of fused-ring (bicyclic) bond motifs is 14. The molecule has 4 heterocycles. The number of esters is 1. The second-order valence-electron chi connectivity index (χ2n) is 20.9. The van der Waals surface area contributed by atoms with Gasteiger partial charge in [0, 0.05) is 87.3 Å². The molecule has 0 aromatic heterocycles. The number of likely N-dealkylation sites (N-methyl/N-ethyl adjacent to an activating group) is 1. The summed E-state index contributed by atoms with van der Waals surface area (Å²) in [5, 5.41) is 85.3. The second-order valence-corrected chi connectivity index (χ2v) is 24.4. The Morgan fingerprint density at radius 1 is 0.902 bits per heavy atom. The molecule has 10 atom stereocenters. The zero-order valence-electron chi connectivity index (χ0n) is 46.9. The summed E-state index contributed by atoms with van der Waals surface area (Å²) in [4.78, 5) is 53.5. The first kappa shape index (κ1) is 65.7. The number of carboxylic acid groups (broad SMARTS) is 1. The Labute approximate surface area is 516 Å². The molecule has 24 heteroatoms. The van der Waals surface area contributed by atoms with E-state index in [1.54, 1.807) is 63.1 Å². The number of amides is 1. The summed E-state index contributed by atoms with van der Waals surface area (Å²) in [7, 11) is 3.42. The van der Waals surface area contributed by atoms with Crippen LogP contribution in [0.25, 0.3) is 10.8 Å². The number of ether oxygens (including phenoxy) is 5. The van der Waals surface area contributed by atoms with E-state index in [1.165, 1.54) is 59.4 Å². The van der Waals surface area contributed by atoms with Crippen molar-refractivity contribution in [1.82, 2.24) is 9.91 Å². The number of benzene rings is 4. The van der Waals surface area contributed by atoms with Crippen molar-refractivity contribution < 1.29 is 78.6 Å². The lowest BCUT2D eigenvalue weighted by molar-refractivity contribution is -0.160. The number of anilines is 1. The number of ketones is 1. The van der Waals surface area contributed by atoms with Gasteiger partial charge in [0.05, 0.1) is 63.7 Å². The standard InChI is InChI=1S/C43H58N4O12.C15H12I3NO4/c1-21-12-11-13-22(2)42(55)45-33-28(20-44-47-17-15-46(9)16-18-47)37(52)30-31(38(33)53)36(51)26(6)40-32(30)41(54)43(8,59-40)57-19-14-29(56-10)23(3)39(58-27(7)48)25(5)35(50)24(4)34(21)49;16-9-6-8(1-2-13(9)20)23-14-10(17)3-7(4-11(14)18)5-12(19)15(21)22/h11-14,19-21,23-25,29,34-35,39,49-53H,15-18H2,1-10H3,(H,45,55);1-4,6,12,20H,5,19H2,(H,21,22)/b12-11+,19-14+,22-13-,44-20+;/t21-,23+,24+,25+,29-,34-,35+,39+,43-;12-/m00/s1. The quantitative estimate of drug-likeness (QED) is 0.0250. The third-order valence-corrected chi connectivity index (χ3v) is 17.3. The van der Waals surface area contributed by atoms with Crippen molar-refractivity contribution in [3.8, 4) is 40.2 Å². The molecule has 0 aliphatic carbocycles. The number of aliphatic hydroxyl groups excluding tert-OH is 2. The number of methoxy groups -OCH3 is 1. The Morgan fingerprint density at radius 3 is 2.15 bits per heavy atom. The van der Waals surface area contributed by atoms with Gasteiger partial charge in [0.15, 0.2) is 11.5 Å². The Morgan fingerprint density at radius 2 is 1.55 bits per heavy atom. The zero-order chi connectivity index (χ0) is 60.8. The third-order valence-electron chi connectivity index (χ3n) is 14.8. The molecule has 1 fully saturated rings. The van der Waals surface area contributed by atoms with Crippen LogP contribution in [0.2, 0.25) is 0 Å². The molecule has 1 amide bonds. The maximum absolute atomic E-state index is 14.4. The van der Waals surface area contributed by atoms with E-state index >= 15 is 0 Å². The van der Waals surface area contributed by atoms with E-state index in [2.05, 4.69) is 60.5 Å². The smallest absolute Gasteiger partial charge is 0.320 e. The Balaban J connectivity index is 0.000000391. The molecular formula is C58H70I3N5O16. The number of halogens is 3. The summed E-state index contributed by atoms with van der Waals surface area (Å²) in [6.45, 7) is 15.1. The number of nitrogens with zero attached hydrogens (tertiary/aromatic N) is 3. The molecule has 444 valence electrons. The minimum Gasteiger partial charge on any atom is -0.507 e. The molecular weight excluding hydrogens is 1400 g/mol. The molecule has 21 nitrogen and oxygen atoms in total. The van der Waals surface area contributed by atoms with Crippen LogP contribution in [0.4, 0.5) is 5.69 Å². The number of Topliss-reactive ketones (excluding diaryl/α,β-unsaturated/α-hetero) is 1. The number of nitrogens with two attached hydrogens (primary N) is 1. The van der Waals surface area contributed by atoms with E-state index in [1.807, 2.05) is 41.8 Å². The molecule has 4 aliphatic rings. The van der Waals surface area contributed by atoms with Crippen LogP contribution in [0.15, 0.2) is 71.6 Å². The summed E-state index contributed by atoms with van der Waals surface area (Å²) < 4.78 is 31.9. The highest BCUT2D eigenvalue weighted by atomic mass is 127. The maximum Gasteiger partial charge on any atom is 0.320 e. The van der Waals surface area contributed by atoms with E-state index in [0.717, 1.165) is 25.8 Å². The van der Waals surface area contributed by atoms with E-state index in [0.29, 0.717) is 28.2 Å². The van der Waals surface area contributed by atoms with Gasteiger partial charge in [0.2, 0.25) is 0 Å². The highest BCUT2D eigenvalue weighted by Crippen LogP contribution is 2.55. The van der Waals surface area contributed by atoms with Crippen molar-refractivity contribution in [3.05, 3.63) is 99.4 Å². The number of piperazine rings is 1. The van der Waals surface area contributed by atoms with Gasteiger partial charge in [-0.2, -0.15) is 5.10 Å². The topological polar surface area (TPSA) is 313 Å². The van der Waals surface area contributed by atoms with E-state index in [9.17, 15) is 49.8 Å². The fourth-order valence-electron chi connectivity index (χ4n) is 9.76. The predicted molar refractivity (Wildman–Crippen MR) is 333 cm³/mol. The number of aliphatic carboxylic acids is 1. The summed E-state index contributed by atoms with van der Waals surface area (Å²) in [6.07, 6.45) is 5.12. The molecule has 0 saturated carbocycles. The number of allylic oxidation sites excluding steroid dienone is 2. The Hall–Kier alpha value is -5.50. The van der Waals surface area contributed by atoms with E-state index in [-0.39, 0.29) is 56.6 Å². The van der Waals surface area contributed by atoms with Crippen molar-refractivity contribution in [3.63, 3.8) is 0 Å². The van der Waals surface area contributed by atoms with Crippen molar-refractivity contribution in [2.75, 3.05) is 45.7 Å². The van der Waals surface area contributed by atoms with Gasteiger partial charge < -0.3 is 75.4 Å². The van der Waals surface area contributed by atoms with Gasteiger partial charge in [-0.3, -0.25) is 24.2 Å². The summed E-state index contributed by atoms with van der Waals surface area (Å²) in [5.41, 5.74) is 6.08. The molecule has 0 radical (unpaired) electrons. The minimum absolute atomic E-state index is 0.0559. The average molecular weight is 1470 g/mol. The first-order valence-corrected chi connectivity index (χ1v) is 29.4. The third kappa shape index (κ3) is 14.9. The average Bonchev–Trinajstić information content (AvgIpc) is 3.07. The normalized spacial score (nSPS) is 26.4. The molecule has 1 saturated heterocycles. The van der Waals surface area contributed by atoms with Gasteiger partial charge in [-0.1, -0.05) is 45.9 Å². The van der Waals surface area contributed by atoms with Gasteiger partial charge in [-0.25, -0.2) is 0 Å². The van der Waals surface area contributed by atoms with Crippen LogP contribution in [0, 0.1) is 41.3 Å². The van der Waals surface area contributed by atoms with Crippen molar-refractivity contribution in [2.24, 2.45) is 34.5 Å². The van der Waals surface area contributed by atoms with Crippen LogP contribution < -0.4 is 20.5 Å². The lowest BCUT2D eigenvalue weighted by Gasteiger charge is -2.38. The van der Waals surface area contributed by atoms with Gasteiger partial charge in [0.25, 0.3) is 11.7 Å². The molecule has 4 aromatic carbocycles. The van der Waals surface area contributed by atoms with Crippen molar-refractivity contribution in [1.29, 1.82) is 0 Å². The van der Waals surface area contributed by atoms with Gasteiger partial charge in [0.1, 0.15) is 40.9 Å². The Bertz CT molecular complexity index is 3180. The van der Waals surface area contributed by atoms with Crippen LogP contribution in [-0.4, -0.2) is 152 Å². The predicted octanol–water partition coefficient (Wildman–Crippen LogP) is 8.29. The molecule has 4 aliphatic heterocycles. The number of carbonyl (C=O) groups is 4. The number of phenolic OH excluding ortho intramolecular Hbond substituents is 4. The van der Waals surface area contributed by atoms with E-state index < -0.39 is 101 Å². The van der Waals surface area contributed by atoms with Crippen LogP contribution >= 0.6 is 67.8 Å². The number of carbonyl (C=O) groups excluding carboxylic acids is 3. The van der Waals surface area contributed by atoms with Crippen molar-refractivity contribution >= 4 is 114 Å². The highest BCUT2D eigenvalue weighted by molar-refractivity contribution is 14.1. The van der Waals surface area contributed by atoms with Gasteiger partial charge in [-0.15, -0.1) is 0 Å². The first-order valence-electron chi connectivity index (χ1n) is 26.2. The summed E-state index contributed by atoms with van der Waals surface area (Å²) in [6, 6.07) is 7.83. The fourth-order valence-corrected chi connectivity index (χ4v) is 12.4. The van der Waals surface area contributed by atoms with Gasteiger partial charge >= 0.3 is 17.7 Å². The van der Waals surface area contributed by atoms with Crippen LogP contribution in [0.1, 0.15) is 75.5 Å².